The predicted octanol–water partition coefficient (Wildman–Crippen LogP) is 6.95. The van der Waals surface area contributed by atoms with Crippen LogP contribution in [-0.2, 0) is 6.42 Å². The minimum Gasteiger partial charge on any atom is -0.206 e. The molecule has 128 valence electrons. The Morgan fingerprint density at radius 3 is 2.33 bits per heavy atom. The molecule has 0 radical (unpaired) electrons. The van der Waals surface area contributed by atoms with Crippen molar-refractivity contribution in [2.24, 2.45) is 11.8 Å². The first-order valence-electron chi connectivity index (χ1n) is 11.2. The molecule has 2 aromatic rings. The van der Waals surface area contributed by atoms with Crippen LogP contribution >= 0.6 is 0 Å². The quantitative estimate of drug-likeness (QED) is 0.557. The molecule has 0 heterocycles. The minimum atomic E-state index is -0.475. The van der Waals surface area contributed by atoms with Gasteiger partial charge in [0.15, 0.2) is 0 Å². The SMILES string of the molecule is [2H]c1c([2H])c(-c2ccc(CCC3CCC(CC)CC3)cc2F)c([2H])c([2H])c1C. The zero-order valence-electron chi connectivity index (χ0n) is 18.7. The third kappa shape index (κ3) is 4.26. The molecule has 0 amide bonds. The lowest BCUT2D eigenvalue weighted by Gasteiger charge is -2.27. The Morgan fingerprint density at radius 2 is 1.71 bits per heavy atom. The summed E-state index contributed by atoms with van der Waals surface area (Å²) in [5.41, 5.74) is 1.40. The number of benzene rings is 2. The standard InChI is InChI=1S/C23H29F/c1-3-18-6-8-19(9-7-18)10-11-20-12-15-22(23(24)16-20)21-13-4-17(2)5-14-21/h4-5,12-16,18-19H,3,6-11H2,1-2H3/i4D,5D,13D,14D. The molecule has 0 nitrogen and oxygen atoms in total. The summed E-state index contributed by atoms with van der Waals surface area (Å²) in [4.78, 5) is 0. The molecule has 0 aliphatic heterocycles. The summed E-state index contributed by atoms with van der Waals surface area (Å²) < 4.78 is 47.1. The Kier molecular flexibility index (Phi) is 4.21. The largest absolute Gasteiger partial charge is 0.206 e. The normalized spacial score (nSPS) is 23.3. The summed E-state index contributed by atoms with van der Waals surface area (Å²) in [5, 5.41) is 0. The van der Waals surface area contributed by atoms with Crippen LogP contribution in [-0.4, -0.2) is 0 Å². The topological polar surface area (TPSA) is 0 Å². The van der Waals surface area contributed by atoms with Crippen molar-refractivity contribution in [3.05, 3.63) is 59.3 Å². The predicted molar refractivity (Wildman–Crippen MR) is 101 cm³/mol. The van der Waals surface area contributed by atoms with Gasteiger partial charge in [-0.15, -0.1) is 0 Å². The molecule has 1 fully saturated rings. The third-order valence-electron chi connectivity index (χ3n) is 5.44. The van der Waals surface area contributed by atoms with Gasteiger partial charge in [-0.1, -0.05) is 80.9 Å². The number of hydrogen-bond donors (Lipinski definition) is 0. The molecule has 0 atom stereocenters. The molecule has 1 aliphatic rings. The fraction of sp³-hybridized carbons (Fsp3) is 0.478. The van der Waals surface area contributed by atoms with Gasteiger partial charge in [0.1, 0.15) is 5.82 Å². The van der Waals surface area contributed by atoms with Gasteiger partial charge < -0.3 is 0 Å². The second-order valence-electron chi connectivity index (χ2n) is 7.15. The highest BCUT2D eigenvalue weighted by molar-refractivity contribution is 5.64. The van der Waals surface area contributed by atoms with Crippen molar-refractivity contribution in [2.45, 2.75) is 58.8 Å². The summed E-state index contributed by atoms with van der Waals surface area (Å²) >= 11 is 0. The van der Waals surface area contributed by atoms with Crippen LogP contribution in [0.2, 0.25) is 0 Å². The third-order valence-corrected chi connectivity index (χ3v) is 5.44. The first-order chi connectivity index (χ1) is 13.3. The maximum atomic E-state index is 14.8. The van der Waals surface area contributed by atoms with E-state index < -0.39 is 5.82 Å². The van der Waals surface area contributed by atoms with E-state index in [0.29, 0.717) is 0 Å². The molecule has 1 saturated carbocycles. The molecule has 0 spiro atoms. The molecule has 2 aromatic carbocycles. The summed E-state index contributed by atoms with van der Waals surface area (Å²) in [7, 11) is 0. The van der Waals surface area contributed by atoms with E-state index in [4.69, 9.17) is 5.48 Å². The maximum Gasteiger partial charge on any atom is 0.131 e. The van der Waals surface area contributed by atoms with E-state index in [1.54, 1.807) is 13.0 Å². The van der Waals surface area contributed by atoms with Crippen LogP contribution in [0.25, 0.3) is 11.1 Å². The first kappa shape index (κ1) is 12.7. The fourth-order valence-electron chi connectivity index (χ4n) is 3.73. The molecule has 0 bridgehead atoms. The molecule has 1 heteroatoms. The van der Waals surface area contributed by atoms with E-state index in [1.807, 2.05) is 6.07 Å². The van der Waals surface area contributed by atoms with E-state index in [1.165, 1.54) is 38.2 Å². The van der Waals surface area contributed by atoms with Crippen LogP contribution in [0.15, 0.2) is 42.4 Å². The molecule has 0 unspecified atom stereocenters. The van der Waals surface area contributed by atoms with Crippen molar-refractivity contribution >= 4 is 0 Å². The van der Waals surface area contributed by atoms with Gasteiger partial charge in [-0.2, -0.15) is 0 Å². The van der Waals surface area contributed by atoms with Crippen molar-refractivity contribution in [3.63, 3.8) is 0 Å². The molecule has 3 rings (SSSR count). The van der Waals surface area contributed by atoms with Crippen LogP contribution < -0.4 is 0 Å². The highest BCUT2D eigenvalue weighted by atomic mass is 19.1. The number of rotatable bonds is 5. The van der Waals surface area contributed by atoms with E-state index in [0.717, 1.165) is 30.2 Å². The van der Waals surface area contributed by atoms with Crippen molar-refractivity contribution in [2.75, 3.05) is 0 Å². The second kappa shape index (κ2) is 7.96. The Bertz CT molecular complexity index is 825. The average molecular weight is 329 g/mol. The van der Waals surface area contributed by atoms with Crippen molar-refractivity contribution in [3.8, 4) is 11.1 Å². The van der Waals surface area contributed by atoms with Gasteiger partial charge in [-0.3, -0.25) is 0 Å². The van der Waals surface area contributed by atoms with Crippen molar-refractivity contribution < 1.29 is 9.87 Å². The smallest absolute Gasteiger partial charge is 0.131 e. The van der Waals surface area contributed by atoms with Crippen molar-refractivity contribution in [1.82, 2.24) is 0 Å². The average Bonchev–Trinajstić information content (AvgIpc) is 2.71. The van der Waals surface area contributed by atoms with Crippen LogP contribution in [0.1, 0.15) is 62.1 Å². The van der Waals surface area contributed by atoms with Gasteiger partial charge in [0, 0.05) is 5.56 Å². The minimum absolute atomic E-state index is 0.0440. The van der Waals surface area contributed by atoms with Gasteiger partial charge in [0.25, 0.3) is 0 Å². The first-order valence-corrected chi connectivity index (χ1v) is 9.19. The van der Waals surface area contributed by atoms with E-state index >= 15 is 0 Å². The summed E-state index contributed by atoms with van der Waals surface area (Å²) in [5.74, 6) is 1.13. The van der Waals surface area contributed by atoms with Gasteiger partial charge in [-0.25, -0.2) is 4.39 Å². The number of hydrogen-bond acceptors (Lipinski definition) is 0. The Hall–Kier alpha value is -1.63. The van der Waals surface area contributed by atoms with Gasteiger partial charge in [0.05, 0.1) is 5.48 Å². The number of aryl methyl sites for hydroxylation is 1. The van der Waals surface area contributed by atoms with Crippen LogP contribution in [0, 0.1) is 24.6 Å². The van der Waals surface area contributed by atoms with Crippen LogP contribution in [0.3, 0.4) is 0 Å². The van der Waals surface area contributed by atoms with E-state index in [2.05, 4.69) is 6.92 Å². The van der Waals surface area contributed by atoms with Crippen LogP contribution in [0.5, 0.6) is 0 Å². The highest BCUT2D eigenvalue weighted by Crippen LogP contribution is 2.33. The number of halogens is 1. The Balaban J connectivity index is 1.77. The fourth-order valence-corrected chi connectivity index (χ4v) is 3.73. The van der Waals surface area contributed by atoms with Gasteiger partial charge in [-0.05, 0) is 48.8 Å². The Morgan fingerprint density at radius 1 is 1.04 bits per heavy atom. The van der Waals surface area contributed by atoms with Gasteiger partial charge in [0.2, 0.25) is 0 Å². The molecule has 0 aromatic heterocycles. The Labute approximate surface area is 151 Å². The molecular formula is C23H29F. The second-order valence-corrected chi connectivity index (χ2v) is 7.15. The maximum absolute atomic E-state index is 14.8. The zero-order chi connectivity index (χ0) is 20.4. The van der Waals surface area contributed by atoms with Crippen molar-refractivity contribution in [1.29, 1.82) is 0 Å². The van der Waals surface area contributed by atoms with E-state index in [-0.39, 0.29) is 40.9 Å². The molecule has 1 aliphatic carbocycles. The molecule has 24 heavy (non-hydrogen) atoms. The summed E-state index contributed by atoms with van der Waals surface area (Å²) in [6, 6.07) is 4.39. The van der Waals surface area contributed by atoms with E-state index in [9.17, 15) is 4.39 Å². The molecule has 0 saturated heterocycles. The van der Waals surface area contributed by atoms with Crippen LogP contribution in [0.4, 0.5) is 4.39 Å². The lowest BCUT2D eigenvalue weighted by molar-refractivity contribution is 0.259. The summed E-state index contributed by atoms with van der Waals surface area (Å²) in [6.07, 6.45) is 8.34. The molecule has 0 N–H and O–H groups in total. The molecular weight excluding hydrogens is 295 g/mol. The highest BCUT2D eigenvalue weighted by Gasteiger charge is 2.19. The zero-order valence-corrected chi connectivity index (χ0v) is 14.7. The van der Waals surface area contributed by atoms with Gasteiger partial charge >= 0.3 is 0 Å². The lowest BCUT2D eigenvalue weighted by Crippen LogP contribution is -2.14. The summed E-state index contributed by atoms with van der Waals surface area (Å²) in [6.45, 7) is 3.82. The monoisotopic (exact) mass is 328 g/mol. The lowest BCUT2D eigenvalue weighted by atomic mass is 9.78.